The SMILES string of the molecule is COc1ccc(OC)c(S(=O)(=O)NCCCN2CCCCC2)c1. The molecule has 0 amide bonds. The lowest BCUT2D eigenvalue weighted by Gasteiger charge is -2.26. The second-order valence-corrected chi connectivity index (χ2v) is 7.41. The number of benzene rings is 1. The van der Waals surface area contributed by atoms with Gasteiger partial charge in [0.05, 0.1) is 14.2 Å². The Hall–Kier alpha value is -1.31. The van der Waals surface area contributed by atoms with Crippen molar-refractivity contribution in [2.75, 3.05) is 40.4 Å². The maximum Gasteiger partial charge on any atom is 0.244 e. The van der Waals surface area contributed by atoms with Crippen molar-refractivity contribution in [2.24, 2.45) is 0 Å². The van der Waals surface area contributed by atoms with Crippen LogP contribution >= 0.6 is 0 Å². The second-order valence-electron chi connectivity index (χ2n) is 5.67. The van der Waals surface area contributed by atoms with Crippen LogP contribution in [0.5, 0.6) is 11.5 Å². The first-order chi connectivity index (χ1) is 11.1. The average molecular weight is 342 g/mol. The monoisotopic (exact) mass is 342 g/mol. The Morgan fingerprint density at radius 1 is 1.13 bits per heavy atom. The lowest BCUT2D eigenvalue weighted by atomic mass is 10.1. The van der Waals surface area contributed by atoms with E-state index in [2.05, 4.69) is 9.62 Å². The van der Waals surface area contributed by atoms with E-state index < -0.39 is 10.0 Å². The minimum absolute atomic E-state index is 0.109. The van der Waals surface area contributed by atoms with Gasteiger partial charge in [-0.25, -0.2) is 13.1 Å². The number of likely N-dealkylation sites (tertiary alicyclic amines) is 1. The van der Waals surface area contributed by atoms with Crippen LogP contribution < -0.4 is 14.2 Å². The van der Waals surface area contributed by atoms with Crippen LogP contribution in [0.15, 0.2) is 23.1 Å². The van der Waals surface area contributed by atoms with Gasteiger partial charge >= 0.3 is 0 Å². The zero-order valence-electron chi connectivity index (χ0n) is 13.9. The molecule has 1 aromatic rings. The van der Waals surface area contributed by atoms with Crippen molar-refractivity contribution in [3.63, 3.8) is 0 Å². The second kappa shape index (κ2) is 8.52. The van der Waals surface area contributed by atoms with E-state index in [9.17, 15) is 8.42 Å². The number of hydrogen-bond acceptors (Lipinski definition) is 5. The fourth-order valence-electron chi connectivity index (χ4n) is 2.76. The van der Waals surface area contributed by atoms with E-state index in [1.165, 1.54) is 39.5 Å². The molecule has 0 spiro atoms. The van der Waals surface area contributed by atoms with Gasteiger partial charge in [-0.3, -0.25) is 0 Å². The Balaban J connectivity index is 1.93. The normalized spacial score (nSPS) is 16.3. The van der Waals surface area contributed by atoms with Crippen LogP contribution in [0.3, 0.4) is 0 Å². The van der Waals surface area contributed by atoms with Crippen LogP contribution in [0.1, 0.15) is 25.7 Å². The molecule has 1 N–H and O–H groups in total. The Morgan fingerprint density at radius 3 is 2.52 bits per heavy atom. The van der Waals surface area contributed by atoms with Gasteiger partial charge in [0.2, 0.25) is 10.0 Å². The quantitative estimate of drug-likeness (QED) is 0.731. The molecule has 6 nitrogen and oxygen atoms in total. The van der Waals surface area contributed by atoms with Crippen molar-refractivity contribution in [1.82, 2.24) is 9.62 Å². The maximum atomic E-state index is 12.5. The minimum atomic E-state index is -3.61. The predicted molar refractivity (Wildman–Crippen MR) is 89.6 cm³/mol. The predicted octanol–water partition coefficient (Wildman–Crippen LogP) is 1.86. The molecule has 0 aromatic heterocycles. The third-order valence-electron chi connectivity index (χ3n) is 4.05. The van der Waals surface area contributed by atoms with Gasteiger partial charge in [-0.15, -0.1) is 0 Å². The van der Waals surface area contributed by atoms with Gasteiger partial charge in [-0.05, 0) is 51.0 Å². The molecule has 0 radical (unpaired) electrons. The van der Waals surface area contributed by atoms with E-state index in [0.29, 0.717) is 18.0 Å². The number of nitrogens with zero attached hydrogens (tertiary/aromatic N) is 1. The Labute approximate surface area is 138 Å². The number of nitrogens with one attached hydrogen (secondary N) is 1. The van der Waals surface area contributed by atoms with Crippen molar-refractivity contribution >= 4 is 10.0 Å². The molecule has 0 atom stereocenters. The van der Waals surface area contributed by atoms with Crippen molar-refractivity contribution in [3.8, 4) is 11.5 Å². The molecular weight excluding hydrogens is 316 g/mol. The summed E-state index contributed by atoms with van der Waals surface area (Å²) in [6.45, 7) is 3.59. The fraction of sp³-hybridized carbons (Fsp3) is 0.625. The molecule has 0 aliphatic carbocycles. The summed E-state index contributed by atoms with van der Waals surface area (Å²) in [5.41, 5.74) is 0. The third kappa shape index (κ3) is 5.09. The molecule has 1 fully saturated rings. The summed E-state index contributed by atoms with van der Waals surface area (Å²) < 4.78 is 37.8. The summed E-state index contributed by atoms with van der Waals surface area (Å²) in [4.78, 5) is 2.50. The zero-order valence-corrected chi connectivity index (χ0v) is 14.7. The van der Waals surface area contributed by atoms with Crippen LogP contribution in [-0.2, 0) is 10.0 Å². The first kappa shape index (κ1) is 18.0. The average Bonchev–Trinajstić information content (AvgIpc) is 2.59. The Morgan fingerprint density at radius 2 is 1.87 bits per heavy atom. The van der Waals surface area contributed by atoms with Crippen molar-refractivity contribution in [1.29, 1.82) is 0 Å². The molecule has 23 heavy (non-hydrogen) atoms. The van der Waals surface area contributed by atoms with E-state index in [0.717, 1.165) is 26.1 Å². The molecule has 2 rings (SSSR count). The van der Waals surface area contributed by atoms with Crippen molar-refractivity contribution in [3.05, 3.63) is 18.2 Å². The van der Waals surface area contributed by atoms with Gasteiger partial charge in [0.15, 0.2) is 0 Å². The lowest BCUT2D eigenvalue weighted by Crippen LogP contribution is -2.33. The smallest absolute Gasteiger partial charge is 0.244 e. The lowest BCUT2D eigenvalue weighted by molar-refractivity contribution is 0.227. The standard InChI is InChI=1S/C16H26N2O4S/c1-21-14-7-8-15(22-2)16(13-14)23(19,20)17-9-6-12-18-10-4-3-5-11-18/h7-8,13,17H,3-6,9-12H2,1-2H3. The van der Waals surface area contributed by atoms with Gasteiger partial charge in [0.1, 0.15) is 16.4 Å². The summed E-state index contributed by atoms with van der Waals surface area (Å²) in [6, 6.07) is 4.75. The summed E-state index contributed by atoms with van der Waals surface area (Å²) in [5.74, 6) is 0.800. The third-order valence-corrected chi connectivity index (χ3v) is 5.53. The van der Waals surface area contributed by atoms with Gasteiger partial charge < -0.3 is 14.4 Å². The molecule has 0 saturated carbocycles. The topological polar surface area (TPSA) is 67.9 Å². The summed E-state index contributed by atoms with van der Waals surface area (Å²) in [7, 11) is -0.652. The number of piperidine rings is 1. The summed E-state index contributed by atoms with van der Waals surface area (Å²) in [6.07, 6.45) is 4.59. The van der Waals surface area contributed by atoms with Crippen LogP contribution in [0.2, 0.25) is 0 Å². The van der Waals surface area contributed by atoms with Gasteiger partial charge in [-0.2, -0.15) is 0 Å². The van der Waals surface area contributed by atoms with Gasteiger partial charge in [0, 0.05) is 12.6 Å². The number of methoxy groups -OCH3 is 2. The van der Waals surface area contributed by atoms with Crippen LogP contribution in [0.4, 0.5) is 0 Å². The Bertz CT molecular complexity index is 598. The van der Waals surface area contributed by atoms with E-state index in [-0.39, 0.29) is 4.90 Å². The highest BCUT2D eigenvalue weighted by molar-refractivity contribution is 7.89. The molecule has 1 heterocycles. The molecule has 130 valence electrons. The number of sulfonamides is 1. The highest BCUT2D eigenvalue weighted by atomic mass is 32.2. The van der Waals surface area contributed by atoms with Gasteiger partial charge in [-0.1, -0.05) is 6.42 Å². The van der Waals surface area contributed by atoms with Crippen LogP contribution in [0.25, 0.3) is 0 Å². The molecular formula is C16H26N2O4S. The van der Waals surface area contributed by atoms with Gasteiger partial charge in [0.25, 0.3) is 0 Å². The van der Waals surface area contributed by atoms with E-state index in [4.69, 9.17) is 9.47 Å². The zero-order chi connectivity index (χ0) is 16.7. The van der Waals surface area contributed by atoms with Crippen molar-refractivity contribution < 1.29 is 17.9 Å². The van der Waals surface area contributed by atoms with E-state index >= 15 is 0 Å². The molecule has 1 saturated heterocycles. The molecule has 0 unspecified atom stereocenters. The summed E-state index contributed by atoms with van der Waals surface area (Å²) in [5, 5.41) is 0. The largest absolute Gasteiger partial charge is 0.497 e. The highest BCUT2D eigenvalue weighted by Gasteiger charge is 2.20. The molecule has 1 aromatic carbocycles. The minimum Gasteiger partial charge on any atom is -0.497 e. The highest BCUT2D eigenvalue weighted by Crippen LogP contribution is 2.27. The summed E-state index contributed by atoms with van der Waals surface area (Å²) >= 11 is 0. The molecule has 1 aliphatic rings. The first-order valence-corrected chi connectivity index (χ1v) is 9.49. The molecule has 1 aliphatic heterocycles. The van der Waals surface area contributed by atoms with E-state index in [1.807, 2.05) is 0 Å². The molecule has 7 heteroatoms. The van der Waals surface area contributed by atoms with Crippen LogP contribution in [0, 0.1) is 0 Å². The van der Waals surface area contributed by atoms with E-state index in [1.54, 1.807) is 12.1 Å². The van der Waals surface area contributed by atoms with Crippen LogP contribution in [-0.4, -0.2) is 53.7 Å². The Kier molecular flexibility index (Phi) is 6.68. The number of hydrogen-bond donors (Lipinski definition) is 1. The number of ether oxygens (including phenoxy) is 2. The maximum absolute atomic E-state index is 12.5. The molecule has 0 bridgehead atoms. The fourth-order valence-corrected chi connectivity index (χ4v) is 4.02. The first-order valence-electron chi connectivity index (χ1n) is 8.01. The van der Waals surface area contributed by atoms with Crippen molar-refractivity contribution in [2.45, 2.75) is 30.6 Å². The number of rotatable bonds is 8.